The maximum atomic E-state index is 13.1. The standard InChI is InChI=1S/C81H158O17P2/c1-7-9-11-13-15-17-19-21-23-25-27-29-30-32-34-36-38-40-42-44-53-59-65-80(85)97-76(69-91-78(83)63-57-51-43-41-39-37-35-33-31-28-26-24-22-20-18-16-14-12-10-8-2)71-95-99(87,88)93-67-75(82)68-94-100(89,90)96-72-77(98-81(86)66-60-54-48-46-50-56-62-74(5)6)70-92-79(84)64-58-52-47-45-49-55-61-73(3)4/h73-77,82H,7-72H2,1-6H3,(H,87,88)(H,89,90)/t75-,76-,77-/m1/s1. The van der Waals surface area contributed by atoms with Gasteiger partial charge in [-0.3, -0.25) is 37.3 Å². The first-order chi connectivity index (χ1) is 48.4. The topological polar surface area (TPSA) is 237 Å². The average molecular weight is 1470 g/mol. The molecule has 2 unspecified atom stereocenters. The highest BCUT2D eigenvalue weighted by atomic mass is 31.2. The lowest BCUT2D eigenvalue weighted by molar-refractivity contribution is -0.161. The van der Waals surface area contributed by atoms with Gasteiger partial charge in [-0.1, -0.05) is 375 Å². The molecule has 100 heavy (non-hydrogen) atoms. The molecule has 0 aromatic carbocycles. The summed E-state index contributed by atoms with van der Waals surface area (Å²) in [6.45, 7) is 9.44. The number of aliphatic hydroxyl groups excluding tert-OH is 1. The maximum absolute atomic E-state index is 13.1. The molecule has 0 heterocycles. The van der Waals surface area contributed by atoms with Crippen molar-refractivity contribution < 1.29 is 80.2 Å². The van der Waals surface area contributed by atoms with Crippen LogP contribution in [-0.4, -0.2) is 96.7 Å². The van der Waals surface area contributed by atoms with Crippen LogP contribution in [0.15, 0.2) is 0 Å². The Kier molecular flexibility index (Phi) is 71.2. The molecule has 0 aliphatic rings. The van der Waals surface area contributed by atoms with Crippen LogP contribution in [0.3, 0.4) is 0 Å². The number of rotatable bonds is 80. The Labute approximate surface area is 613 Å². The minimum atomic E-state index is -4.96. The normalized spacial score (nSPS) is 13.9. The van der Waals surface area contributed by atoms with Crippen molar-refractivity contribution in [2.75, 3.05) is 39.6 Å². The minimum Gasteiger partial charge on any atom is -0.462 e. The molecule has 0 aromatic rings. The molecule has 19 heteroatoms. The summed E-state index contributed by atoms with van der Waals surface area (Å²) in [4.78, 5) is 72.8. The fourth-order valence-electron chi connectivity index (χ4n) is 12.5. The summed E-state index contributed by atoms with van der Waals surface area (Å²) in [6, 6.07) is 0. The van der Waals surface area contributed by atoms with Crippen molar-refractivity contribution in [3.8, 4) is 0 Å². The lowest BCUT2D eigenvalue weighted by Gasteiger charge is -2.21. The lowest BCUT2D eigenvalue weighted by Crippen LogP contribution is -2.30. The summed E-state index contributed by atoms with van der Waals surface area (Å²) >= 11 is 0. The molecule has 5 atom stereocenters. The Balaban J connectivity index is 5.15. The quantitative estimate of drug-likeness (QED) is 0.0222. The first-order valence-corrected chi connectivity index (χ1v) is 45.0. The number of hydrogen-bond acceptors (Lipinski definition) is 15. The monoisotopic (exact) mass is 1470 g/mol. The largest absolute Gasteiger partial charge is 0.472 e. The molecular formula is C81H158O17P2. The van der Waals surface area contributed by atoms with Crippen LogP contribution in [0.1, 0.15) is 427 Å². The second kappa shape index (κ2) is 72.6. The van der Waals surface area contributed by atoms with E-state index in [1.165, 1.54) is 238 Å². The molecule has 0 saturated carbocycles. The predicted octanol–water partition coefficient (Wildman–Crippen LogP) is 24.3. The van der Waals surface area contributed by atoms with Gasteiger partial charge < -0.3 is 33.8 Å². The van der Waals surface area contributed by atoms with Gasteiger partial charge in [-0.2, -0.15) is 0 Å². The Morgan fingerprint density at radius 2 is 0.460 bits per heavy atom. The predicted molar refractivity (Wildman–Crippen MR) is 409 cm³/mol. The van der Waals surface area contributed by atoms with Crippen molar-refractivity contribution in [2.24, 2.45) is 11.8 Å². The number of phosphoric ester groups is 2. The zero-order valence-electron chi connectivity index (χ0n) is 65.5. The van der Waals surface area contributed by atoms with Gasteiger partial charge in [0.2, 0.25) is 0 Å². The van der Waals surface area contributed by atoms with Gasteiger partial charge in [-0.15, -0.1) is 0 Å². The summed E-state index contributed by atoms with van der Waals surface area (Å²) < 4.78 is 68.5. The highest BCUT2D eigenvalue weighted by Crippen LogP contribution is 2.45. The molecule has 0 radical (unpaired) electrons. The molecule has 0 aromatic heterocycles. The van der Waals surface area contributed by atoms with Crippen molar-refractivity contribution >= 4 is 39.5 Å². The molecule has 0 aliphatic carbocycles. The molecule has 0 saturated heterocycles. The number of ether oxygens (including phenoxy) is 4. The summed E-state index contributed by atoms with van der Waals surface area (Å²) in [6.07, 6.45) is 63.2. The minimum absolute atomic E-state index is 0.101. The van der Waals surface area contributed by atoms with Crippen molar-refractivity contribution in [2.45, 2.75) is 445 Å². The first kappa shape index (κ1) is 98.1. The van der Waals surface area contributed by atoms with Gasteiger partial charge in [0, 0.05) is 25.7 Å². The van der Waals surface area contributed by atoms with Gasteiger partial charge in [0.1, 0.15) is 19.3 Å². The lowest BCUT2D eigenvalue weighted by atomic mass is 10.0. The van der Waals surface area contributed by atoms with E-state index in [9.17, 15) is 43.2 Å². The van der Waals surface area contributed by atoms with Crippen molar-refractivity contribution in [1.82, 2.24) is 0 Å². The van der Waals surface area contributed by atoms with Crippen LogP contribution < -0.4 is 0 Å². The molecule has 0 fully saturated rings. The van der Waals surface area contributed by atoms with Crippen LogP contribution in [0.2, 0.25) is 0 Å². The van der Waals surface area contributed by atoms with Crippen LogP contribution in [0.4, 0.5) is 0 Å². The molecule has 0 spiro atoms. The SMILES string of the molecule is CCCCCCCCCCCCCCCCCCCCCCCCC(=O)O[C@H](COC(=O)CCCCCCCCCCCCCCCCCCCCCC)COP(=O)(O)OC[C@@H](O)COP(=O)(O)OC[C@@H](COC(=O)CCCCCCCCC(C)C)OC(=O)CCCCCCCCC(C)C. The number of unbranched alkanes of at least 4 members (excludes halogenated alkanes) is 50. The third kappa shape index (κ3) is 74.3. The number of phosphoric acid groups is 2. The Bertz CT molecular complexity index is 1920. The van der Waals surface area contributed by atoms with Crippen LogP contribution >= 0.6 is 15.6 Å². The van der Waals surface area contributed by atoms with E-state index in [4.69, 9.17) is 37.0 Å². The average Bonchev–Trinajstić information content (AvgIpc) is 0.924. The van der Waals surface area contributed by atoms with E-state index in [0.29, 0.717) is 37.5 Å². The molecular weight excluding hydrogens is 1310 g/mol. The van der Waals surface area contributed by atoms with Crippen molar-refractivity contribution in [1.29, 1.82) is 0 Å². The van der Waals surface area contributed by atoms with Crippen LogP contribution in [0.5, 0.6) is 0 Å². The van der Waals surface area contributed by atoms with E-state index in [1.54, 1.807) is 0 Å². The van der Waals surface area contributed by atoms with Crippen LogP contribution in [-0.2, 0) is 65.4 Å². The van der Waals surface area contributed by atoms with Gasteiger partial charge in [-0.25, -0.2) is 9.13 Å². The fraction of sp³-hybridized carbons (Fsp3) is 0.951. The zero-order chi connectivity index (χ0) is 73.5. The van der Waals surface area contributed by atoms with Gasteiger partial charge in [0.05, 0.1) is 26.4 Å². The molecule has 0 rings (SSSR count). The zero-order valence-corrected chi connectivity index (χ0v) is 67.3. The molecule has 3 N–H and O–H groups in total. The van der Waals surface area contributed by atoms with Gasteiger partial charge in [-0.05, 0) is 37.5 Å². The molecule has 0 amide bonds. The third-order valence-electron chi connectivity index (χ3n) is 19.0. The van der Waals surface area contributed by atoms with E-state index < -0.39 is 97.5 Å². The number of carbonyl (C=O) groups excluding carboxylic acids is 4. The van der Waals surface area contributed by atoms with Gasteiger partial charge in [0.25, 0.3) is 0 Å². The summed E-state index contributed by atoms with van der Waals surface area (Å²) in [5.74, 6) is -0.771. The van der Waals surface area contributed by atoms with Gasteiger partial charge >= 0.3 is 39.5 Å². The third-order valence-corrected chi connectivity index (χ3v) is 20.9. The number of esters is 4. The van der Waals surface area contributed by atoms with E-state index >= 15 is 0 Å². The molecule has 594 valence electrons. The molecule has 0 bridgehead atoms. The number of carbonyl (C=O) groups is 4. The second-order valence-corrected chi connectivity index (χ2v) is 33.0. The van der Waals surface area contributed by atoms with E-state index in [-0.39, 0.29) is 25.7 Å². The second-order valence-electron chi connectivity index (χ2n) is 30.1. The Hall–Kier alpha value is -1.94. The number of aliphatic hydroxyl groups is 1. The maximum Gasteiger partial charge on any atom is 0.472 e. The molecule has 17 nitrogen and oxygen atoms in total. The van der Waals surface area contributed by atoms with Crippen LogP contribution in [0.25, 0.3) is 0 Å². The highest BCUT2D eigenvalue weighted by Gasteiger charge is 2.30. The molecule has 0 aliphatic heterocycles. The summed E-state index contributed by atoms with van der Waals surface area (Å²) in [7, 11) is -9.91. The van der Waals surface area contributed by atoms with Crippen LogP contribution in [0, 0.1) is 11.8 Å². The summed E-state index contributed by atoms with van der Waals surface area (Å²) in [5.41, 5.74) is 0. The first-order valence-electron chi connectivity index (χ1n) is 42.0. The smallest absolute Gasteiger partial charge is 0.462 e. The van der Waals surface area contributed by atoms with E-state index in [1.807, 2.05) is 0 Å². The number of hydrogen-bond donors (Lipinski definition) is 3. The Morgan fingerprint density at radius 1 is 0.270 bits per heavy atom. The Morgan fingerprint density at radius 3 is 0.680 bits per heavy atom. The van der Waals surface area contributed by atoms with E-state index in [2.05, 4.69) is 41.5 Å². The van der Waals surface area contributed by atoms with Crippen molar-refractivity contribution in [3.05, 3.63) is 0 Å². The van der Waals surface area contributed by atoms with E-state index in [0.717, 1.165) is 96.3 Å². The van der Waals surface area contributed by atoms with Gasteiger partial charge in [0.15, 0.2) is 12.2 Å². The highest BCUT2D eigenvalue weighted by molar-refractivity contribution is 7.47. The fourth-order valence-corrected chi connectivity index (χ4v) is 14.1. The summed E-state index contributed by atoms with van der Waals surface area (Å²) in [5, 5.41) is 10.6. The van der Waals surface area contributed by atoms with Crippen molar-refractivity contribution in [3.63, 3.8) is 0 Å².